The lowest BCUT2D eigenvalue weighted by molar-refractivity contribution is -0.282. The maximum atomic E-state index is 13.8. The van der Waals surface area contributed by atoms with E-state index in [-0.39, 0.29) is 121 Å². The standard InChI is InChI=1S/C51H92N4O21/c1-31-42(64)45(67)35(28-56)74-48(31)71-25-6-5-12-34(59)13-8-18-51(55-41(63)15-7-14-38(60)52-21-9-24-70-4,19-16-39(61)53-22-10-26-72-49-32(2)43(65)46(68)36(29-57)75-49)20-17-40(62)54-23-11-27-73-50-33(3)44(66)47(69)37(30-58)76-50/h31-33,35-37,42-50,56-58,64-69H,5-30H2,1-4H3,(H,52,60)(H,53,61)(H,54,62)(H,55,63)/t31?,32?,33?,35?,36?,37?,42-,43-,44-,45+,46+,47+,48-,49-,50-,51?/m1/s1. The van der Waals surface area contributed by atoms with E-state index in [2.05, 4.69) is 21.3 Å². The molecule has 0 aromatic rings. The number of methoxy groups -OCH3 is 1. The van der Waals surface area contributed by atoms with Crippen molar-refractivity contribution in [1.29, 1.82) is 0 Å². The summed E-state index contributed by atoms with van der Waals surface area (Å²) in [6, 6.07) is 0. The van der Waals surface area contributed by atoms with E-state index in [1.807, 2.05) is 0 Å². The van der Waals surface area contributed by atoms with Crippen LogP contribution in [0.2, 0.25) is 0 Å². The molecular formula is C51H92N4O21. The molecule has 0 aromatic carbocycles. The van der Waals surface area contributed by atoms with Crippen molar-refractivity contribution in [1.82, 2.24) is 21.3 Å². The molecule has 4 amide bonds. The van der Waals surface area contributed by atoms with Crippen molar-refractivity contribution in [3.8, 4) is 0 Å². The lowest BCUT2D eigenvalue weighted by atomic mass is 9.82. The Kier molecular flexibility index (Phi) is 32.0. The van der Waals surface area contributed by atoms with Crippen LogP contribution in [0.4, 0.5) is 0 Å². The van der Waals surface area contributed by atoms with Gasteiger partial charge in [-0.3, -0.25) is 24.0 Å². The Morgan fingerprint density at radius 2 is 0.803 bits per heavy atom. The molecule has 442 valence electrons. The zero-order valence-corrected chi connectivity index (χ0v) is 45.0. The number of carbonyl (C=O) groups is 5. The van der Waals surface area contributed by atoms with E-state index < -0.39 is 123 Å². The first-order valence-corrected chi connectivity index (χ1v) is 27.2. The van der Waals surface area contributed by atoms with Gasteiger partial charge >= 0.3 is 0 Å². The van der Waals surface area contributed by atoms with Gasteiger partial charge in [-0.05, 0) is 64.2 Å². The third-order valence-corrected chi connectivity index (χ3v) is 14.4. The average molecular weight is 1100 g/mol. The number of aliphatic hydroxyl groups excluding tert-OH is 9. The lowest BCUT2D eigenvalue weighted by Gasteiger charge is -2.40. The molecule has 15 atom stereocenters. The van der Waals surface area contributed by atoms with Gasteiger partial charge in [0.05, 0.1) is 51.3 Å². The lowest BCUT2D eigenvalue weighted by Crippen LogP contribution is -2.55. The third-order valence-electron chi connectivity index (χ3n) is 14.4. The van der Waals surface area contributed by atoms with E-state index >= 15 is 0 Å². The Hall–Kier alpha value is -3.09. The Labute approximate surface area is 446 Å². The fourth-order valence-corrected chi connectivity index (χ4v) is 9.35. The number of carbonyl (C=O) groups excluding carboxylic acids is 5. The summed E-state index contributed by atoms with van der Waals surface area (Å²) < 4.78 is 39.2. The highest BCUT2D eigenvalue weighted by atomic mass is 16.7. The van der Waals surface area contributed by atoms with Crippen LogP contribution in [0.25, 0.3) is 0 Å². The van der Waals surface area contributed by atoms with Crippen LogP contribution in [0.3, 0.4) is 0 Å². The molecule has 3 fully saturated rings. The quantitative estimate of drug-likeness (QED) is 0.0295. The van der Waals surface area contributed by atoms with Gasteiger partial charge in [0, 0.05) is 102 Å². The molecule has 76 heavy (non-hydrogen) atoms. The van der Waals surface area contributed by atoms with Gasteiger partial charge in [0.1, 0.15) is 42.4 Å². The van der Waals surface area contributed by atoms with Crippen LogP contribution in [0, 0.1) is 17.8 Å². The number of unbranched alkanes of at least 4 members (excludes halogenated alkanes) is 1. The third kappa shape index (κ3) is 22.9. The van der Waals surface area contributed by atoms with Gasteiger partial charge in [-0.2, -0.15) is 0 Å². The van der Waals surface area contributed by atoms with Crippen LogP contribution in [-0.4, -0.2) is 228 Å². The Balaban J connectivity index is 1.66. The number of aliphatic hydroxyl groups is 9. The van der Waals surface area contributed by atoms with E-state index in [0.29, 0.717) is 51.7 Å². The number of ketones is 1. The molecule has 25 nitrogen and oxygen atoms in total. The van der Waals surface area contributed by atoms with Crippen LogP contribution in [-0.2, 0) is 57.1 Å². The Bertz CT molecular complexity index is 1620. The Morgan fingerprint density at radius 3 is 1.21 bits per heavy atom. The van der Waals surface area contributed by atoms with E-state index in [0.717, 1.165) is 0 Å². The zero-order chi connectivity index (χ0) is 56.2. The van der Waals surface area contributed by atoms with Crippen molar-refractivity contribution >= 4 is 29.4 Å². The van der Waals surface area contributed by atoms with Crippen molar-refractivity contribution in [2.24, 2.45) is 17.8 Å². The first kappa shape index (κ1) is 67.2. The van der Waals surface area contributed by atoms with E-state index in [1.165, 1.54) is 0 Å². The smallest absolute Gasteiger partial charge is 0.220 e. The van der Waals surface area contributed by atoms with Gasteiger partial charge in [-0.25, -0.2) is 0 Å². The summed E-state index contributed by atoms with van der Waals surface area (Å²) in [6.45, 7) is 5.10. The fraction of sp³-hybridized carbons (Fsp3) is 0.902. The summed E-state index contributed by atoms with van der Waals surface area (Å²) in [7, 11) is 1.56. The summed E-state index contributed by atoms with van der Waals surface area (Å²) in [4.78, 5) is 66.4. The molecule has 0 aliphatic carbocycles. The van der Waals surface area contributed by atoms with E-state index in [9.17, 15) is 69.9 Å². The van der Waals surface area contributed by atoms with Crippen molar-refractivity contribution in [3.05, 3.63) is 0 Å². The summed E-state index contributed by atoms with van der Waals surface area (Å²) >= 11 is 0. The number of nitrogens with one attached hydrogen (secondary N) is 4. The number of rotatable bonds is 38. The molecule has 0 spiro atoms. The SMILES string of the molecule is COCCCNC(=O)CCCC(=O)NC(CCCC(=O)CCCCO[C@@H]1OC(CO)[C@H](O)[C@H](O)C1C)(CCC(=O)NCCCO[C@@H]1OC(CO)[C@H](O)[C@H](O)C1C)CCC(=O)NCCCO[C@@H]1OC(CO)[C@H](O)[C@H](O)C1C. The second-order valence-electron chi connectivity index (χ2n) is 20.4. The maximum absolute atomic E-state index is 13.8. The largest absolute Gasteiger partial charge is 0.394 e. The van der Waals surface area contributed by atoms with Crippen LogP contribution in [0.5, 0.6) is 0 Å². The first-order valence-electron chi connectivity index (χ1n) is 27.2. The predicted molar refractivity (Wildman–Crippen MR) is 269 cm³/mol. The number of hydrogen-bond donors (Lipinski definition) is 13. The fourth-order valence-electron chi connectivity index (χ4n) is 9.35. The second-order valence-corrected chi connectivity index (χ2v) is 20.4. The minimum atomic E-state index is -1.28. The van der Waals surface area contributed by atoms with Crippen LogP contribution in [0.1, 0.15) is 124 Å². The first-order chi connectivity index (χ1) is 36.3. The van der Waals surface area contributed by atoms with Crippen molar-refractivity contribution in [2.45, 2.75) is 203 Å². The molecular weight excluding hydrogens is 1000 g/mol. The van der Waals surface area contributed by atoms with Gasteiger partial charge in [0.2, 0.25) is 23.6 Å². The average Bonchev–Trinajstić information content (AvgIpc) is 3.40. The number of hydrogen-bond acceptors (Lipinski definition) is 21. The molecule has 3 aliphatic heterocycles. The molecule has 6 unspecified atom stereocenters. The van der Waals surface area contributed by atoms with Gasteiger partial charge in [-0.1, -0.05) is 20.8 Å². The molecule has 3 heterocycles. The normalized spacial score (nSPS) is 30.5. The monoisotopic (exact) mass is 1100 g/mol. The van der Waals surface area contributed by atoms with Gasteiger partial charge in [0.25, 0.3) is 0 Å². The van der Waals surface area contributed by atoms with Gasteiger partial charge < -0.3 is 100 Å². The van der Waals surface area contributed by atoms with Crippen molar-refractivity contribution in [3.63, 3.8) is 0 Å². The highest BCUT2D eigenvalue weighted by Crippen LogP contribution is 2.31. The van der Waals surface area contributed by atoms with Gasteiger partial charge in [-0.15, -0.1) is 0 Å². The molecule has 3 aliphatic rings. The summed E-state index contributed by atoms with van der Waals surface area (Å²) in [6.07, 6.45) is -9.62. The highest BCUT2D eigenvalue weighted by molar-refractivity contribution is 5.80. The minimum Gasteiger partial charge on any atom is -0.394 e. The van der Waals surface area contributed by atoms with Crippen LogP contribution < -0.4 is 21.3 Å². The van der Waals surface area contributed by atoms with Crippen LogP contribution in [0.15, 0.2) is 0 Å². The minimum absolute atomic E-state index is 0.0335. The summed E-state index contributed by atoms with van der Waals surface area (Å²) in [5.41, 5.74) is -1.15. The molecule has 0 aromatic heterocycles. The topological polar surface area (TPSA) is 380 Å². The molecule has 0 radical (unpaired) electrons. The predicted octanol–water partition coefficient (Wildman–Crippen LogP) is -2.08. The van der Waals surface area contributed by atoms with Gasteiger partial charge in [0.15, 0.2) is 18.9 Å². The number of Topliss-reactive ketones (excluding diaryl/α,β-unsaturated/α-hetero) is 1. The molecule has 0 bridgehead atoms. The van der Waals surface area contributed by atoms with E-state index in [4.69, 9.17) is 33.2 Å². The second kappa shape index (κ2) is 36.2. The van der Waals surface area contributed by atoms with Crippen molar-refractivity contribution in [2.75, 3.05) is 73.0 Å². The molecule has 13 N–H and O–H groups in total. The Morgan fingerprint density at radius 1 is 0.434 bits per heavy atom. The molecule has 25 heteroatoms. The van der Waals surface area contributed by atoms with Crippen LogP contribution >= 0.6 is 0 Å². The van der Waals surface area contributed by atoms with E-state index in [1.54, 1.807) is 27.9 Å². The summed E-state index contributed by atoms with van der Waals surface area (Å²) in [5.74, 6) is -3.16. The molecule has 3 saturated heterocycles. The number of ether oxygens (including phenoxy) is 7. The maximum Gasteiger partial charge on any atom is 0.220 e. The van der Waals surface area contributed by atoms with Crippen molar-refractivity contribution < 1.29 is 103 Å². The molecule has 0 saturated carbocycles. The zero-order valence-electron chi connectivity index (χ0n) is 45.0. The highest BCUT2D eigenvalue weighted by Gasteiger charge is 2.45. The number of amides is 4. The summed E-state index contributed by atoms with van der Waals surface area (Å²) in [5, 5.41) is 102. The molecule has 3 rings (SSSR count).